The van der Waals surface area contributed by atoms with Crippen molar-refractivity contribution in [3.63, 3.8) is 0 Å². The molecule has 0 saturated heterocycles. The molecular formula is C20H17FN2O6. The van der Waals surface area contributed by atoms with Crippen molar-refractivity contribution < 1.29 is 28.9 Å². The van der Waals surface area contributed by atoms with Gasteiger partial charge in [-0.1, -0.05) is 6.07 Å². The molecule has 1 heterocycles. The Kier molecular flexibility index (Phi) is 5.22. The van der Waals surface area contributed by atoms with Crippen LogP contribution in [0.15, 0.2) is 41.2 Å². The molecule has 0 fully saturated rings. The Morgan fingerprint density at radius 1 is 1.21 bits per heavy atom. The molecule has 0 atom stereocenters. The predicted octanol–water partition coefficient (Wildman–Crippen LogP) is 2.30. The lowest BCUT2D eigenvalue weighted by molar-refractivity contribution is -0.135. The van der Waals surface area contributed by atoms with E-state index in [9.17, 15) is 23.9 Å². The quantitative estimate of drug-likeness (QED) is 0.605. The van der Waals surface area contributed by atoms with Gasteiger partial charge in [0.1, 0.15) is 35.2 Å². The molecule has 0 spiro atoms. The minimum atomic E-state index is -1.29. The lowest BCUT2D eigenvalue weighted by Gasteiger charge is -2.14. The number of pyridine rings is 1. The number of ether oxygens (including phenoxy) is 1. The maximum atomic E-state index is 13.5. The van der Waals surface area contributed by atoms with Crippen LogP contribution in [0.5, 0.6) is 17.2 Å². The summed E-state index contributed by atoms with van der Waals surface area (Å²) in [6, 6.07) is 8.51. The smallest absolute Gasteiger partial charge is 0.322 e. The number of aromatic hydroxyl groups is 1. The lowest BCUT2D eigenvalue weighted by Crippen LogP contribution is -2.35. The van der Waals surface area contributed by atoms with E-state index >= 15 is 0 Å². The third-order valence-corrected chi connectivity index (χ3v) is 4.35. The summed E-state index contributed by atoms with van der Waals surface area (Å²) >= 11 is 0. The van der Waals surface area contributed by atoms with Crippen molar-refractivity contribution >= 4 is 22.8 Å². The van der Waals surface area contributed by atoms with E-state index in [-0.39, 0.29) is 10.9 Å². The minimum absolute atomic E-state index is 0.191. The zero-order chi connectivity index (χ0) is 21.3. The number of carboxylic acid groups (broad SMARTS) is 1. The van der Waals surface area contributed by atoms with E-state index < -0.39 is 41.1 Å². The van der Waals surface area contributed by atoms with E-state index in [1.807, 2.05) is 0 Å². The van der Waals surface area contributed by atoms with Crippen LogP contribution in [0.3, 0.4) is 0 Å². The first-order chi connectivity index (χ1) is 13.7. The molecule has 29 heavy (non-hydrogen) atoms. The van der Waals surface area contributed by atoms with E-state index in [0.717, 1.165) is 4.57 Å². The molecule has 8 nitrogen and oxygen atoms in total. The summed E-state index contributed by atoms with van der Waals surface area (Å²) in [6.45, 7) is 1.05. The van der Waals surface area contributed by atoms with E-state index in [0.29, 0.717) is 17.1 Å². The number of amides is 1. The van der Waals surface area contributed by atoms with E-state index in [2.05, 4.69) is 5.32 Å². The van der Waals surface area contributed by atoms with Crippen LogP contribution in [0, 0.1) is 12.7 Å². The number of aryl methyl sites for hydroxylation is 2. The number of nitrogens with zero attached hydrogens (tertiary/aromatic N) is 1. The van der Waals surface area contributed by atoms with Crippen LogP contribution in [0.1, 0.15) is 15.9 Å². The van der Waals surface area contributed by atoms with Gasteiger partial charge < -0.3 is 24.8 Å². The number of aromatic nitrogens is 1. The number of carbonyl (C=O) groups is 2. The second-order valence-electron chi connectivity index (χ2n) is 6.36. The summed E-state index contributed by atoms with van der Waals surface area (Å²) in [5.41, 5.74) is -0.393. The first-order valence-electron chi connectivity index (χ1n) is 8.48. The molecule has 0 radical (unpaired) electrons. The largest absolute Gasteiger partial charge is 0.506 e. The van der Waals surface area contributed by atoms with Gasteiger partial charge >= 0.3 is 5.97 Å². The van der Waals surface area contributed by atoms with Crippen LogP contribution in [-0.4, -0.2) is 33.2 Å². The molecular weight excluding hydrogens is 383 g/mol. The Hall–Kier alpha value is -3.88. The highest BCUT2D eigenvalue weighted by atomic mass is 19.1. The van der Waals surface area contributed by atoms with E-state index in [4.69, 9.17) is 9.84 Å². The average Bonchev–Trinajstić information content (AvgIpc) is 2.67. The molecule has 0 aliphatic carbocycles. The minimum Gasteiger partial charge on any atom is -0.506 e. The molecule has 1 aromatic heterocycles. The number of hydrogen-bond acceptors (Lipinski definition) is 5. The number of hydrogen-bond donors (Lipinski definition) is 3. The number of carbonyl (C=O) groups excluding carboxylic acids is 1. The van der Waals surface area contributed by atoms with Gasteiger partial charge in [0.25, 0.3) is 11.5 Å². The normalized spacial score (nSPS) is 10.7. The molecule has 150 valence electrons. The van der Waals surface area contributed by atoms with Crippen molar-refractivity contribution in [3.05, 3.63) is 63.7 Å². The van der Waals surface area contributed by atoms with Crippen molar-refractivity contribution in [2.75, 3.05) is 6.54 Å². The van der Waals surface area contributed by atoms with Gasteiger partial charge in [-0.25, -0.2) is 4.39 Å². The monoisotopic (exact) mass is 400 g/mol. The van der Waals surface area contributed by atoms with Crippen molar-refractivity contribution in [1.29, 1.82) is 0 Å². The fraction of sp³-hybridized carbons (Fsp3) is 0.150. The van der Waals surface area contributed by atoms with Gasteiger partial charge in [0.15, 0.2) is 0 Å². The van der Waals surface area contributed by atoms with E-state index in [1.54, 1.807) is 13.0 Å². The number of nitrogens with one attached hydrogen (secondary N) is 1. The fourth-order valence-electron chi connectivity index (χ4n) is 2.83. The van der Waals surface area contributed by atoms with Crippen molar-refractivity contribution in [2.24, 2.45) is 7.05 Å². The average molecular weight is 400 g/mol. The van der Waals surface area contributed by atoms with Gasteiger partial charge in [-0.2, -0.15) is 0 Å². The first kappa shape index (κ1) is 19.9. The third-order valence-electron chi connectivity index (χ3n) is 4.35. The molecule has 3 N–H and O–H groups in total. The topological polar surface area (TPSA) is 118 Å². The summed E-state index contributed by atoms with van der Waals surface area (Å²) in [4.78, 5) is 35.3. The maximum absolute atomic E-state index is 13.5. The maximum Gasteiger partial charge on any atom is 0.322 e. The molecule has 9 heteroatoms. The highest BCUT2D eigenvalue weighted by molar-refractivity contribution is 6.03. The number of carboxylic acids is 1. The van der Waals surface area contributed by atoms with Crippen LogP contribution in [0.2, 0.25) is 0 Å². The number of rotatable bonds is 5. The SMILES string of the molecule is Cc1ccc(F)cc1Oc1ccc2c(O)c(C(=O)NCC(=O)O)c(=O)n(C)c2c1. The van der Waals surface area contributed by atoms with Crippen LogP contribution < -0.4 is 15.6 Å². The van der Waals surface area contributed by atoms with Crippen molar-refractivity contribution in [2.45, 2.75) is 6.92 Å². The molecule has 0 unspecified atom stereocenters. The molecule has 3 rings (SSSR count). The number of benzene rings is 2. The van der Waals surface area contributed by atoms with Gasteiger partial charge in [-0.3, -0.25) is 14.4 Å². The van der Waals surface area contributed by atoms with Gasteiger partial charge in [0.05, 0.1) is 5.52 Å². The summed E-state index contributed by atoms with van der Waals surface area (Å²) < 4.78 is 20.3. The third kappa shape index (κ3) is 3.88. The predicted molar refractivity (Wildman–Crippen MR) is 102 cm³/mol. The summed E-state index contributed by atoms with van der Waals surface area (Å²) in [5, 5.41) is 21.4. The standard InChI is InChI=1S/C20H17FN2O6/c1-10-3-4-11(21)7-15(10)29-12-5-6-13-14(8-12)23(2)20(28)17(18(13)26)19(27)22-9-16(24)25/h3-8,26H,9H2,1-2H3,(H,22,27)(H,24,25). The second-order valence-corrected chi connectivity index (χ2v) is 6.36. The Bertz CT molecular complexity index is 1200. The zero-order valence-electron chi connectivity index (χ0n) is 15.5. The van der Waals surface area contributed by atoms with Crippen molar-refractivity contribution in [3.8, 4) is 17.2 Å². The molecule has 0 aliphatic heterocycles. The van der Waals surface area contributed by atoms with Crippen LogP contribution in [-0.2, 0) is 11.8 Å². The highest BCUT2D eigenvalue weighted by Gasteiger charge is 2.22. The van der Waals surface area contributed by atoms with Gasteiger partial charge in [-0.15, -0.1) is 0 Å². The molecule has 3 aromatic rings. The number of halogens is 1. The number of fused-ring (bicyclic) bond motifs is 1. The molecule has 0 bridgehead atoms. The van der Waals surface area contributed by atoms with Crippen LogP contribution in [0.4, 0.5) is 4.39 Å². The Morgan fingerprint density at radius 2 is 1.93 bits per heavy atom. The Balaban J connectivity index is 2.06. The van der Waals surface area contributed by atoms with Crippen LogP contribution in [0.25, 0.3) is 10.9 Å². The van der Waals surface area contributed by atoms with Gasteiger partial charge in [-0.05, 0) is 30.7 Å². The highest BCUT2D eigenvalue weighted by Crippen LogP contribution is 2.32. The van der Waals surface area contributed by atoms with Gasteiger partial charge in [0.2, 0.25) is 0 Å². The molecule has 2 aromatic carbocycles. The van der Waals surface area contributed by atoms with Crippen molar-refractivity contribution in [1.82, 2.24) is 9.88 Å². The molecule has 1 amide bonds. The number of aliphatic carboxylic acids is 1. The van der Waals surface area contributed by atoms with Crippen LogP contribution >= 0.6 is 0 Å². The zero-order valence-corrected chi connectivity index (χ0v) is 15.5. The Morgan fingerprint density at radius 3 is 2.62 bits per heavy atom. The molecule has 0 saturated carbocycles. The summed E-state index contributed by atoms with van der Waals surface area (Å²) in [6.07, 6.45) is 0. The van der Waals surface area contributed by atoms with Gasteiger partial charge in [0, 0.05) is 24.6 Å². The molecule has 0 aliphatic rings. The van der Waals surface area contributed by atoms with E-state index in [1.165, 1.54) is 37.4 Å². The first-order valence-corrected chi connectivity index (χ1v) is 8.48. The lowest BCUT2D eigenvalue weighted by atomic mass is 10.1. The summed E-state index contributed by atoms with van der Waals surface area (Å²) in [7, 11) is 1.40. The second kappa shape index (κ2) is 7.63. The fourth-order valence-corrected chi connectivity index (χ4v) is 2.83. The Labute approximate surface area is 163 Å². The summed E-state index contributed by atoms with van der Waals surface area (Å²) in [5.74, 6) is -2.73.